The highest BCUT2D eigenvalue weighted by Gasteiger charge is 2.03. The standard InChI is InChI=1S/C13H22N2O/c1-4-6-15(3)12-8-11(14)9-13(10-12)16-7-5-2/h8-10H,4-7,14H2,1-3H3. The van der Waals surface area contributed by atoms with E-state index in [9.17, 15) is 0 Å². The van der Waals surface area contributed by atoms with Crippen molar-refractivity contribution in [3.63, 3.8) is 0 Å². The van der Waals surface area contributed by atoms with Gasteiger partial charge in [-0.2, -0.15) is 0 Å². The number of nitrogens with two attached hydrogens (primary N) is 1. The Morgan fingerprint density at radius 1 is 1.19 bits per heavy atom. The molecule has 0 aromatic heterocycles. The van der Waals surface area contributed by atoms with Crippen molar-refractivity contribution in [1.29, 1.82) is 0 Å². The summed E-state index contributed by atoms with van der Waals surface area (Å²) in [6, 6.07) is 5.90. The predicted molar refractivity (Wildman–Crippen MR) is 70.2 cm³/mol. The summed E-state index contributed by atoms with van der Waals surface area (Å²) in [5.41, 5.74) is 7.73. The molecule has 0 saturated carbocycles. The molecule has 3 nitrogen and oxygen atoms in total. The quantitative estimate of drug-likeness (QED) is 0.752. The van der Waals surface area contributed by atoms with Gasteiger partial charge in [0.1, 0.15) is 5.75 Å². The molecule has 0 unspecified atom stereocenters. The van der Waals surface area contributed by atoms with Gasteiger partial charge >= 0.3 is 0 Å². The molecule has 90 valence electrons. The topological polar surface area (TPSA) is 38.5 Å². The van der Waals surface area contributed by atoms with Crippen molar-refractivity contribution in [3.05, 3.63) is 18.2 Å². The molecular weight excluding hydrogens is 200 g/mol. The molecule has 16 heavy (non-hydrogen) atoms. The highest BCUT2D eigenvalue weighted by atomic mass is 16.5. The number of nitrogens with zero attached hydrogens (tertiary/aromatic N) is 1. The van der Waals surface area contributed by atoms with Gasteiger partial charge in [-0.05, 0) is 18.9 Å². The molecule has 1 aromatic rings. The Kier molecular flexibility index (Phi) is 4.96. The van der Waals surface area contributed by atoms with Crippen molar-refractivity contribution in [2.24, 2.45) is 0 Å². The molecule has 2 N–H and O–H groups in total. The zero-order valence-corrected chi connectivity index (χ0v) is 10.5. The van der Waals surface area contributed by atoms with E-state index >= 15 is 0 Å². The third kappa shape index (κ3) is 3.65. The summed E-state index contributed by atoms with van der Waals surface area (Å²) in [7, 11) is 2.07. The van der Waals surface area contributed by atoms with Gasteiger partial charge in [-0.25, -0.2) is 0 Å². The SMILES string of the molecule is CCCOc1cc(N)cc(N(C)CCC)c1. The molecule has 3 heteroatoms. The second-order valence-electron chi connectivity index (χ2n) is 4.03. The Hall–Kier alpha value is -1.38. The number of benzene rings is 1. The minimum atomic E-state index is 0.736. The smallest absolute Gasteiger partial charge is 0.123 e. The number of hydrogen-bond donors (Lipinski definition) is 1. The first-order chi connectivity index (χ1) is 7.67. The first-order valence-electron chi connectivity index (χ1n) is 5.91. The lowest BCUT2D eigenvalue weighted by Gasteiger charge is -2.19. The first kappa shape index (κ1) is 12.7. The Bertz CT molecular complexity index is 326. The number of nitrogen functional groups attached to an aromatic ring is 1. The minimum Gasteiger partial charge on any atom is -0.493 e. The van der Waals surface area contributed by atoms with E-state index in [0.29, 0.717) is 0 Å². The van der Waals surface area contributed by atoms with E-state index < -0.39 is 0 Å². The summed E-state index contributed by atoms with van der Waals surface area (Å²) >= 11 is 0. The molecule has 1 rings (SSSR count). The van der Waals surface area contributed by atoms with Crippen molar-refractivity contribution in [3.8, 4) is 5.75 Å². The van der Waals surface area contributed by atoms with Gasteiger partial charge in [0.25, 0.3) is 0 Å². The fourth-order valence-electron chi connectivity index (χ4n) is 1.59. The second kappa shape index (κ2) is 6.26. The molecule has 1 aromatic carbocycles. The van der Waals surface area contributed by atoms with Crippen molar-refractivity contribution in [1.82, 2.24) is 0 Å². The summed E-state index contributed by atoms with van der Waals surface area (Å²) in [6.45, 7) is 6.02. The van der Waals surface area contributed by atoms with Crippen LogP contribution in [0.5, 0.6) is 5.75 Å². The summed E-state index contributed by atoms with van der Waals surface area (Å²) < 4.78 is 5.60. The minimum absolute atomic E-state index is 0.736. The molecule has 0 aliphatic heterocycles. The molecule has 0 heterocycles. The molecule has 0 saturated heterocycles. The molecule has 0 amide bonds. The number of ether oxygens (including phenoxy) is 1. The highest BCUT2D eigenvalue weighted by Crippen LogP contribution is 2.25. The fraction of sp³-hybridized carbons (Fsp3) is 0.538. The summed E-state index contributed by atoms with van der Waals surface area (Å²) in [5.74, 6) is 0.861. The Morgan fingerprint density at radius 2 is 1.94 bits per heavy atom. The van der Waals surface area contributed by atoms with Crippen molar-refractivity contribution in [2.45, 2.75) is 26.7 Å². The van der Waals surface area contributed by atoms with Gasteiger partial charge in [-0.1, -0.05) is 13.8 Å². The van der Waals surface area contributed by atoms with Gasteiger partial charge in [0.2, 0.25) is 0 Å². The van der Waals surface area contributed by atoms with E-state index in [1.165, 1.54) is 0 Å². The Labute approximate surface area is 98.2 Å². The third-order valence-corrected chi connectivity index (χ3v) is 2.39. The summed E-state index contributed by atoms with van der Waals surface area (Å²) in [6.07, 6.45) is 2.13. The lowest BCUT2D eigenvalue weighted by Crippen LogP contribution is -2.17. The molecule has 0 aliphatic carbocycles. The third-order valence-electron chi connectivity index (χ3n) is 2.39. The Balaban J connectivity index is 2.80. The van der Waals surface area contributed by atoms with Crippen LogP contribution in [0.15, 0.2) is 18.2 Å². The molecule has 0 radical (unpaired) electrons. The van der Waals surface area contributed by atoms with Crippen LogP contribution in [0.2, 0.25) is 0 Å². The molecular formula is C13H22N2O. The second-order valence-corrected chi connectivity index (χ2v) is 4.03. The highest BCUT2D eigenvalue weighted by molar-refractivity contribution is 5.60. The van der Waals surface area contributed by atoms with Crippen LogP contribution in [0.3, 0.4) is 0 Å². The number of hydrogen-bond acceptors (Lipinski definition) is 3. The number of anilines is 2. The van der Waals surface area contributed by atoms with Crippen LogP contribution in [0.1, 0.15) is 26.7 Å². The fourth-order valence-corrected chi connectivity index (χ4v) is 1.59. The molecule has 0 aliphatic rings. The van der Waals surface area contributed by atoms with Gasteiger partial charge < -0.3 is 15.4 Å². The summed E-state index contributed by atoms with van der Waals surface area (Å²) in [4.78, 5) is 2.19. The predicted octanol–water partition coefficient (Wildman–Crippen LogP) is 2.90. The van der Waals surface area contributed by atoms with Crippen molar-refractivity contribution < 1.29 is 4.74 Å². The monoisotopic (exact) mass is 222 g/mol. The van der Waals surface area contributed by atoms with Crippen LogP contribution in [-0.2, 0) is 0 Å². The maximum absolute atomic E-state index is 5.86. The van der Waals surface area contributed by atoms with Gasteiger partial charge in [-0.15, -0.1) is 0 Å². The van der Waals surface area contributed by atoms with Crippen LogP contribution in [0.4, 0.5) is 11.4 Å². The van der Waals surface area contributed by atoms with Gasteiger partial charge in [0, 0.05) is 37.1 Å². The van der Waals surface area contributed by atoms with E-state index in [4.69, 9.17) is 10.5 Å². The van der Waals surface area contributed by atoms with Crippen LogP contribution in [-0.4, -0.2) is 20.2 Å². The van der Waals surface area contributed by atoms with Crippen LogP contribution in [0.25, 0.3) is 0 Å². The molecule has 0 fully saturated rings. The average molecular weight is 222 g/mol. The van der Waals surface area contributed by atoms with E-state index in [1.807, 2.05) is 18.2 Å². The maximum atomic E-state index is 5.86. The number of rotatable bonds is 6. The molecule has 0 bridgehead atoms. The summed E-state index contributed by atoms with van der Waals surface area (Å²) in [5, 5.41) is 0. The largest absolute Gasteiger partial charge is 0.493 e. The van der Waals surface area contributed by atoms with Crippen molar-refractivity contribution >= 4 is 11.4 Å². The van der Waals surface area contributed by atoms with E-state index in [0.717, 1.165) is 43.1 Å². The lowest BCUT2D eigenvalue weighted by atomic mass is 10.2. The van der Waals surface area contributed by atoms with E-state index in [1.54, 1.807) is 0 Å². The average Bonchev–Trinajstić information content (AvgIpc) is 2.26. The van der Waals surface area contributed by atoms with Gasteiger partial charge in [-0.3, -0.25) is 0 Å². The molecule has 0 atom stereocenters. The van der Waals surface area contributed by atoms with Crippen LogP contribution < -0.4 is 15.4 Å². The zero-order chi connectivity index (χ0) is 12.0. The normalized spacial score (nSPS) is 10.2. The maximum Gasteiger partial charge on any atom is 0.123 e. The Morgan fingerprint density at radius 3 is 2.56 bits per heavy atom. The lowest BCUT2D eigenvalue weighted by molar-refractivity contribution is 0.317. The van der Waals surface area contributed by atoms with E-state index in [-0.39, 0.29) is 0 Å². The van der Waals surface area contributed by atoms with Gasteiger partial charge in [0.05, 0.1) is 6.61 Å². The van der Waals surface area contributed by atoms with Gasteiger partial charge in [0.15, 0.2) is 0 Å². The zero-order valence-electron chi connectivity index (χ0n) is 10.5. The van der Waals surface area contributed by atoms with Crippen molar-refractivity contribution in [2.75, 3.05) is 30.8 Å². The first-order valence-corrected chi connectivity index (χ1v) is 5.91. The van der Waals surface area contributed by atoms with Crippen LogP contribution >= 0.6 is 0 Å². The van der Waals surface area contributed by atoms with E-state index in [2.05, 4.69) is 25.8 Å². The van der Waals surface area contributed by atoms with Crippen LogP contribution in [0, 0.1) is 0 Å². The molecule has 0 spiro atoms.